The number of amides is 1. The van der Waals surface area contributed by atoms with Crippen LogP contribution in [0.5, 0.6) is 0 Å². The lowest BCUT2D eigenvalue weighted by molar-refractivity contribution is -0.151. The van der Waals surface area contributed by atoms with Crippen LogP contribution >= 0.6 is 23.2 Å². The minimum atomic E-state index is -3.52. The van der Waals surface area contributed by atoms with E-state index in [0.717, 1.165) is 11.4 Å². The number of amidine groups is 1. The second-order valence-electron chi connectivity index (χ2n) is 12.5. The van der Waals surface area contributed by atoms with Gasteiger partial charge in [-0.2, -0.15) is 4.31 Å². The molecule has 0 saturated heterocycles. The van der Waals surface area contributed by atoms with E-state index in [9.17, 15) is 22.0 Å². The topological polar surface area (TPSA) is 90.9 Å². The summed E-state index contributed by atoms with van der Waals surface area (Å²) in [6.07, 6.45) is 2.45. The second kappa shape index (κ2) is 9.81. The van der Waals surface area contributed by atoms with E-state index in [1.54, 1.807) is 22.5 Å². The number of aliphatic imine (C=N–C) groups is 1. The van der Waals surface area contributed by atoms with Gasteiger partial charge in [0.1, 0.15) is 5.84 Å². The van der Waals surface area contributed by atoms with Crippen molar-refractivity contribution < 1.29 is 22.0 Å². The van der Waals surface area contributed by atoms with Gasteiger partial charge in [0.15, 0.2) is 6.04 Å². The number of carbonyl (C=O) groups excluding carboxylic acids is 1. The molecule has 2 N–H and O–H groups in total. The van der Waals surface area contributed by atoms with Crippen LogP contribution in [0.2, 0.25) is 10.0 Å². The van der Waals surface area contributed by atoms with Crippen molar-refractivity contribution in [3.63, 3.8) is 0 Å². The molecule has 1 atom stereocenters. The van der Waals surface area contributed by atoms with Gasteiger partial charge in [0.25, 0.3) is 0 Å². The van der Waals surface area contributed by atoms with Gasteiger partial charge < -0.3 is 10.6 Å². The lowest BCUT2D eigenvalue weighted by Crippen LogP contribution is -2.78. The van der Waals surface area contributed by atoms with Crippen LogP contribution in [0.3, 0.4) is 0 Å². The molecule has 4 aliphatic carbocycles. The van der Waals surface area contributed by atoms with Gasteiger partial charge in [-0.25, -0.2) is 17.2 Å². The van der Waals surface area contributed by atoms with Gasteiger partial charge in [0, 0.05) is 36.4 Å². The van der Waals surface area contributed by atoms with Crippen molar-refractivity contribution in [2.45, 2.75) is 108 Å². The maximum Gasteiger partial charge on any atom is 0.248 e. The van der Waals surface area contributed by atoms with E-state index in [1.807, 2.05) is 20.8 Å². The Balaban J connectivity index is 1.29. The fourth-order valence-corrected chi connectivity index (χ4v) is 8.99. The third-order valence-corrected chi connectivity index (χ3v) is 11.7. The van der Waals surface area contributed by atoms with Gasteiger partial charge in [0.05, 0.1) is 21.3 Å². The van der Waals surface area contributed by atoms with Gasteiger partial charge in [-0.15, -0.1) is 0 Å². The molecule has 4 fully saturated rings. The third-order valence-electron chi connectivity index (χ3n) is 8.84. The molecule has 1 aromatic rings. The van der Waals surface area contributed by atoms with Crippen molar-refractivity contribution in [2.24, 2.45) is 10.4 Å². The van der Waals surface area contributed by atoms with Crippen LogP contribution in [0.25, 0.3) is 0 Å². The molecule has 1 amide bonds. The maximum absolute atomic E-state index is 13.5. The van der Waals surface area contributed by atoms with Crippen LogP contribution in [-0.4, -0.2) is 59.3 Å². The van der Waals surface area contributed by atoms with Crippen molar-refractivity contribution in [3.05, 3.63) is 33.8 Å². The Morgan fingerprint density at radius 3 is 2.38 bits per heavy atom. The lowest BCUT2D eigenvalue weighted by atomic mass is 9.38. The number of benzene rings is 1. The summed E-state index contributed by atoms with van der Waals surface area (Å²) in [5.41, 5.74) is -0.661. The number of halogens is 4. The maximum atomic E-state index is 13.5. The highest BCUT2D eigenvalue weighted by atomic mass is 35.5. The van der Waals surface area contributed by atoms with Crippen molar-refractivity contribution >= 4 is 45.0 Å². The predicted octanol–water partition coefficient (Wildman–Crippen LogP) is 5.30. The number of carbonyl (C=O) groups is 1. The molecule has 0 aromatic heterocycles. The van der Waals surface area contributed by atoms with Crippen molar-refractivity contribution in [1.29, 1.82) is 0 Å². The summed E-state index contributed by atoms with van der Waals surface area (Å²) in [5.74, 6) is -2.11. The van der Waals surface area contributed by atoms with Crippen LogP contribution in [0, 0.1) is 5.41 Å². The van der Waals surface area contributed by atoms with Gasteiger partial charge >= 0.3 is 0 Å². The molecule has 5 aliphatic rings. The minimum absolute atomic E-state index is 0.0602. The lowest BCUT2D eigenvalue weighted by Gasteiger charge is -2.73. The normalized spacial score (nSPS) is 31.2. The Bertz CT molecular complexity index is 1270. The van der Waals surface area contributed by atoms with E-state index in [0.29, 0.717) is 35.7 Å². The number of rotatable bonds is 9. The Labute approximate surface area is 239 Å². The molecular formula is C27H36Cl2F2N4O3S. The summed E-state index contributed by atoms with van der Waals surface area (Å²) in [6.45, 7) is 5.88. The van der Waals surface area contributed by atoms with Crippen molar-refractivity contribution in [1.82, 2.24) is 14.9 Å². The van der Waals surface area contributed by atoms with Gasteiger partial charge in [-0.05, 0) is 70.1 Å². The molecule has 6 rings (SSSR count). The number of nitrogens with one attached hydrogen (secondary N) is 2. The Hall–Kier alpha value is -1.49. The highest BCUT2D eigenvalue weighted by Gasteiger charge is 2.75. The van der Waals surface area contributed by atoms with Crippen LogP contribution in [0.15, 0.2) is 23.2 Å². The molecule has 4 saturated carbocycles. The van der Waals surface area contributed by atoms with Gasteiger partial charge in [-0.1, -0.05) is 36.2 Å². The molecule has 0 radical (unpaired) electrons. The Kier molecular flexibility index (Phi) is 7.30. The zero-order valence-corrected chi connectivity index (χ0v) is 24.8. The third kappa shape index (κ3) is 5.31. The van der Waals surface area contributed by atoms with E-state index < -0.39 is 33.1 Å². The SMILES string of the molecule is CCCS(=O)(=O)N(Cc1ccc(Cl)c(Cl)c1)C12CC(C3=N[C@@H](C(=O)NC4CCC(F)(F)CC4)C(C)(C)N3)(C1)C2. The smallest absolute Gasteiger partial charge is 0.248 e. The molecule has 2 bridgehead atoms. The fraction of sp³-hybridized carbons (Fsp3) is 0.704. The first-order chi connectivity index (χ1) is 18.1. The number of hydrogen-bond donors (Lipinski definition) is 2. The van der Waals surface area contributed by atoms with Crippen LogP contribution < -0.4 is 10.6 Å². The Morgan fingerprint density at radius 1 is 1.15 bits per heavy atom. The summed E-state index contributed by atoms with van der Waals surface area (Å²) in [5, 5.41) is 7.19. The summed E-state index contributed by atoms with van der Waals surface area (Å²) in [7, 11) is -3.52. The van der Waals surface area contributed by atoms with Crippen LogP contribution in [0.1, 0.15) is 77.7 Å². The van der Waals surface area contributed by atoms with E-state index in [-0.39, 0.29) is 55.3 Å². The quantitative estimate of drug-likeness (QED) is 0.400. The molecule has 0 unspecified atom stereocenters. The molecule has 39 heavy (non-hydrogen) atoms. The molecule has 1 heterocycles. The molecule has 12 heteroatoms. The summed E-state index contributed by atoms with van der Waals surface area (Å²) < 4.78 is 55.4. The molecule has 216 valence electrons. The average molecular weight is 606 g/mol. The van der Waals surface area contributed by atoms with Gasteiger partial charge in [-0.3, -0.25) is 9.79 Å². The molecule has 1 aromatic carbocycles. The summed E-state index contributed by atoms with van der Waals surface area (Å²) in [4.78, 5) is 18.0. The summed E-state index contributed by atoms with van der Waals surface area (Å²) in [6, 6.07) is 4.23. The fourth-order valence-electron chi connectivity index (χ4n) is 6.80. The first kappa shape index (κ1) is 29.0. The molecule has 7 nitrogen and oxygen atoms in total. The standard InChI is InChI=1S/C27H36Cl2F2N4O3S/c1-4-11-39(37,38)35(13-17-5-6-19(28)20(29)12-17)26-14-25(15-26,16-26)23-33-21(24(2,3)34-23)22(36)32-18-7-9-27(30,31)10-8-18/h5-6,12,18,21H,4,7-11,13-16H2,1-3H3,(H,32,36)(H,33,34)/t21-,25?,26?/m0/s1. The van der Waals surface area contributed by atoms with E-state index in [2.05, 4.69) is 10.6 Å². The van der Waals surface area contributed by atoms with Crippen LogP contribution in [-0.2, 0) is 21.4 Å². The largest absolute Gasteiger partial charge is 0.366 e. The molecular weight excluding hydrogens is 569 g/mol. The second-order valence-corrected chi connectivity index (χ2v) is 15.3. The molecule has 1 aliphatic heterocycles. The van der Waals surface area contributed by atoms with E-state index in [1.165, 1.54) is 0 Å². The number of nitrogens with zero attached hydrogens (tertiary/aromatic N) is 2. The monoisotopic (exact) mass is 604 g/mol. The minimum Gasteiger partial charge on any atom is -0.366 e. The van der Waals surface area contributed by atoms with Crippen molar-refractivity contribution in [3.8, 4) is 0 Å². The summed E-state index contributed by atoms with van der Waals surface area (Å²) >= 11 is 12.3. The van der Waals surface area contributed by atoms with Crippen LogP contribution in [0.4, 0.5) is 8.78 Å². The first-order valence-electron chi connectivity index (χ1n) is 13.6. The highest BCUT2D eigenvalue weighted by molar-refractivity contribution is 7.89. The first-order valence-corrected chi connectivity index (χ1v) is 16.0. The molecule has 0 spiro atoms. The number of hydrogen-bond acceptors (Lipinski definition) is 5. The highest BCUT2D eigenvalue weighted by Crippen LogP contribution is 2.71. The Morgan fingerprint density at radius 2 is 1.79 bits per heavy atom. The zero-order chi connectivity index (χ0) is 28.4. The average Bonchev–Trinajstić information content (AvgIpc) is 3.10. The number of alkyl halides is 2. The van der Waals surface area contributed by atoms with Crippen molar-refractivity contribution in [2.75, 3.05) is 5.75 Å². The van der Waals surface area contributed by atoms with E-state index >= 15 is 0 Å². The zero-order valence-electron chi connectivity index (χ0n) is 22.5. The van der Waals surface area contributed by atoms with E-state index in [4.69, 9.17) is 28.2 Å². The number of sulfonamides is 1. The predicted molar refractivity (Wildman–Crippen MR) is 149 cm³/mol. The van der Waals surface area contributed by atoms with Gasteiger partial charge in [0.2, 0.25) is 21.9 Å².